The number of amidine groups is 1. The highest BCUT2D eigenvalue weighted by Gasteiger charge is 2.54. The normalized spacial score (nSPS) is 25.7. The number of hydrogen-bond acceptors (Lipinski definition) is 7. The molecule has 2 aliphatic heterocycles. The number of nitrogens with zero attached hydrogens (tertiary/aromatic N) is 3. The molecule has 100 valence electrons. The molecule has 0 fully saturated rings. The molecule has 2 heterocycles. The Labute approximate surface area is 108 Å². The Bertz CT molecular complexity index is 559. The van der Waals surface area contributed by atoms with Crippen LogP contribution in [0.1, 0.15) is 0 Å². The van der Waals surface area contributed by atoms with Crippen molar-refractivity contribution in [1.82, 2.24) is 5.32 Å². The van der Waals surface area contributed by atoms with Crippen molar-refractivity contribution in [3.63, 3.8) is 0 Å². The van der Waals surface area contributed by atoms with Crippen LogP contribution in [-0.2, 0) is 0 Å². The summed E-state index contributed by atoms with van der Waals surface area (Å²) in [5.41, 5.74) is -1.67. The van der Waals surface area contributed by atoms with E-state index in [2.05, 4.69) is 15.6 Å². The van der Waals surface area contributed by atoms with Gasteiger partial charge >= 0.3 is 5.72 Å². The van der Waals surface area contributed by atoms with Gasteiger partial charge in [0.15, 0.2) is 11.5 Å². The van der Waals surface area contributed by atoms with Crippen LogP contribution in [0, 0.1) is 10.4 Å². The molecule has 0 saturated heterocycles. The van der Waals surface area contributed by atoms with E-state index in [0.717, 1.165) is 0 Å². The lowest BCUT2D eigenvalue weighted by atomic mass is 10.2. The molecule has 3 rings (SSSR count). The lowest BCUT2D eigenvalue weighted by molar-refractivity contribution is -0.631. The van der Waals surface area contributed by atoms with Crippen LogP contribution in [0.3, 0.4) is 0 Å². The number of rotatable bonds is 2. The van der Waals surface area contributed by atoms with Gasteiger partial charge in [-0.25, -0.2) is 0 Å². The number of hydrogen-bond donors (Lipinski definition) is 1. The molecule has 8 nitrogen and oxygen atoms in total. The van der Waals surface area contributed by atoms with Crippen molar-refractivity contribution >= 4 is 5.84 Å². The Kier molecular flexibility index (Phi) is 2.62. The van der Waals surface area contributed by atoms with Crippen molar-refractivity contribution in [2.75, 3.05) is 19.7 Å². The molecule has 1 aromatic rings. The van der Waals surface area contributed by atoms with E-state index in [0.29, 0.717) is 24.6 Å². The SMILES string of the molecule is [O-]/N=[N+](\[O-])C1(C2=NCCN2)COc2ccccc2O1. The first-order valence-corrected chi connectivity index (χ1v) is 5.76. The molecule has 1 N–H and O–H groups in total. The van der Waals surface area contributed by atoms with Gasteiger partial charge in [0.05, 0.1) is 6.54 Å². The van der Waals surface area contributed by atoms with Crippen molar-refractivity contribution < 1.29 is 14.3 Å². The molecule has 0 saturated carbocycles. The average molecular weight is 263 g/mol. The van der Waals surface area contributed by atoms with Crippen LogP contribution in [0.25, 0.3) is 0 Å². The molecule has 0 radical (unpaired) electrons. The summed E-state index contributed by atoms with van der Waals surface area (Å²) in [5.74, 6) is 1.14. The number of ether oxygens (including phenoxy) is 2. The highest BCUT2D eigenvalue weighted by molar-refractivity contribution is 5.91. The fourth-order valence-corrected chi connectivity index (χ4v) is 2.07. The minimum atomic E-state index is -1.67. The van der Waals surface area contributed by atoms with Crippen molar-refractivity contribution in [3.8, 4) is 11.5 Å². The monoisotopic (exact) mass is 263 g/mol. The Balaban J connectivity index is 2.04. The lowest BCUT2D eigenvalue weighted by Crippen LogP contribution is -2.61. The van der Waals surface area contributed by atoms with Gasteiger partial charge in [0.2, 0.25) is 12.4 Å². The quantitative estimate of drug-likeness (QED) is 0.478. The zero-order valence-corrected chi connectivity index (χ0v) is 9.91. The number of benzene rings is 1. The summed E-state index contributed by atoms with van der Waals surface area (Å²) in [4.78, 5) is 4.08. The molecule has 1 aromatic carbocycles. The molecule has 0 spiro atoms. The maximum Gasteiger partial charge on any atom is 0.434 e. The number of nitrogens with one attached hydrogen (secondary N) is 1. The summed E-state index contributed by atoms with van der Waals surface area (Å²) >= 11 is 0. The molecule has 1 unspecified atom stereocenters. The molecule has 0 aromatic heterocycles. The van der Waals surface area contributed by atoms with Gasteiger partial charge in [-0.3, -0.25) is 4.99 Å². The first-order chi connectivity index (χ1) is 9.26. The Morgan fingerprint density at radius 2 is 2.16 bits per heavy atom. The smallest absolute Gasteiger partial charge is 0.434 e. The summed E-state index contributed by atoms with van der Waals surface area (Å²) in [5, 5.41) is 27.7. The molecule has 19 heavy (non-hydrogen) atoms. The van der Waals surface area contributed by atoms with Crippen LogP contribution < -0.4 is 14.8 Å². The minimum absolute atomic E-state index is 0.0555. The molecular formula is C11H11N4O4-. The predicted molar refractivity (Wildman–Crippen MR) is 65.0 cm³/mol. The van der Waals surface area contributed by atoms with Gasteiger partial charge in [-0.15, -0.1) is 0 Å². The van der Waals surface area contributed by atoms with Crippen LogP contribution in [-0.4, -0.2) is 36.1 Å². The van der Waals surface area contributed by atoms with Crippen LogP contribution in [0.2, 0.25) is 0 Å². The molecule has 0 amide bonds. The van der Waals surface area contributed by atoms with Gasteiger partial charge in [0.1, 0.15) is 0 Å². The van der Waals surface area contributed by atoms with Crippen LogP contribution >= 0.6 is 0 Å². The molecule has 2 aliphatic rings. The largest absolute Gasteiger partial charge is 0.739 e. The van der Waals surface area contributed by atoms with E-state index in [1.807, 2.05) is 0 Å². The van der Waals surface area contributed by atoms with Crippen LogP contribution in [0.5, 0.6) is 11.5 Å². The van der Waals surface area contributed by atoms with Crippen molar-refractivity contribution in [2.24, 2.45) is 10.3 Å². The van der Waals surface area contributed by atoms with Crippen molar-refractivity contribution in [1.29, 1.82) is 0 Å². The second-order valence-electron chi connectivity index (χ2n) is 4.13. The van der Waals surface area contributed by atoms with Gasteiger partial charge in [-0.2, -0.15) is 0 Å². The zero-order chi connectivity index (χ0) is 13.3. The van der Waals surface area contributed by atoms with Gasteiger partial charge in [0, 0.05) is 6.54 Å². The maximum atomic E-state index is 11.8. The first kappa shape index (κ1) is 11.6. The first-order valence-electron chi connectivity index (χ1n) is 5.76. The van der Waals surface area contributed by atoms with E-state index in [1.165, 1.54) is 0 Å². The van der Waals surface area contributed by atoms with E-state index in [-0.39, 0.29) is 17.3 Å². The fraction of sp³-hybridized carbons (Fsp3) is 0.364. The van der Waals surface area contributed by atoms with Crippen LogP contribution in [0.4, 0.5) is 0 Å². The standard InChI is InChI=1S/C11H12N4O4/c16-14-15(17)11(10-12-5-6-13-10)7-18-8-3-1-2-4-9(8)19-11/h1-4,16H,5-7H2,(H,12,13)/p-1/b15-14-. The lowest BCUT2D eigenvalue weighted by Gasteiger charge is -2.33. The highest BCUT2D eigenvalue weighted by atomic mass is 16.7. The summed E-state index contributed by atoms with van der Waals surface area (Å²) < 4.78 is 11.1. The minimum Gasteiger partial charge on any atom is -0.739 e. The van der Waals surface area contributed by atoms with Crippen molar-refractivity contribution in [3.05, 3.63) is 34.7 Å². The zero-order valence-electron chi connectivity index (χ0n) is 9.91. The van der Waals surface area contributed by atoms with E-state index in [1.54, 1.807) is 24.3 Å². The Hall–Kier alpha value is -2.51. The Morgan fingerprint density at radius 1 is 1.37 bits per heavy atom. The average Bonchev–Trinajstić information content (AvgIpc) is 3.00. The molecule has 8 heteroatoms. The third kappa shape index (κ3) is 1.72. The number of fused-ring (bicyclic) bond motifs is 1. The third-order valence-electron chi connectivity index (χ3n) is 2.98. The number of para-hydroxylation sites is 2. The maximum absolute atomic E-state index is 11.8. The van der Waals surface area contributed by atoms with Gasteiger partial charge < -0.3 is 25.2 Å². The highest BCUT2D eigenvalue weighted by Crippen LogP contribution is 2.36. The fourth-order valence-electron chi connectivity index (χ4n) is 2.07. The third-order valence-corrected chi connectivity index (χ3v) is 2.98. The van der Waals surface area contributed by atoms with Gasteiger partial charge in [0.25, 0.3) is 0 Å². The molecule has 0 aliphatic carbocycles. The number of aliphatic imine (C=N–C) groups is 1. The van der Waals surface area contributed by atoms with E-state index < -0.39 is 5.72 Å². The summed E-state index contributed by atoms with van der Waals surface area (Å²) in [6, 6.07) is 6.89. The van der Waals surface area contributed by atoms with Gasteiger partial charge in [-0.1, -0.05) is 12.1 Å². The van der Waals surface area contributed by atoms with Gasteiger partial charge in [-0.05, 0) is 22.3 Å². The summed E-state index contributed by atoms with van der Waals surface area (Å²) in [7, 11) is 0. The molecular weight excluding hydrogens is 252 g/mol. The molecule has 1 atom stereocenters. The van der Waals surface area contributed by atoms with Crippen molar-refractivity contribution in [2.45, 2.75) is 5.72 Å². The Morgan fingerprint density at radius 3 is 2.84 bits per heavy atom. The van der Waals surface area contributed by atoms with E-state index >= 15 is 0 Å². The summed E-state index contributed by atoms with van der Waals surface area (Å²) in [6.07, 6.45) is 0. The molecule has 0 bridgehead atoms. The second kappa shape index (κ2) is 4.30. The van der Waals surface area contributed by atoms with E-state index in [9.17, 15) is 10.4 Å². The second-order valence-corrected chi connectivity index (χ2v) is 4.13. The van der Waals surface area contributed by atoms with Crippen LogP contribution in [0.15, 0.2) is 34.5 Å². The topological polar surface area (TPSA) is 104 Å². The van der Waals surface area contributed by atoms with E-state index in [4.69, 9.17) is 9.47 Å². The number of hydroxylamine groups is 1. The summed E-state index contributed by atoms with van der Waals surface area (Å²) in [6.45, 7) is 0.925. The predicted octanol–water partition coefficient (Wildman–Crippen LogP) is 0.616.